The lowest BCUT2D eigenvalue weighted by Gasteiger charge is -2.11. The van der Waals surface area contributed by atoms with Crippen LogP contribution in [0.25, 0.3) is 11.1 Å². The average Bonchev–Trinajstić information content (AvgIpc) is 2.65. The maximum Gasteiger partial charge on any atom is 0.234 e. The topological polar surface area (TPSA) is 29.1 Å². The van der Waals surface area contributed by atoms with Crippen molar-refractivity contribution in [3.63, 3.8) is 0 Å². The van der Waals surface area contributed by atoms with Gasteiger partial charge < -0.3 is 5.32 Å². The number of hydrogen-bond donors (Lipinski definition) is 1. The second kappa shape index (κ2) is 8.54. The van der Waals surface area contributed by atoms with Gasteiger partial charge in [0.2, 0.25) is 5.91 Å². The number of benzene rings is 3. The monoisotopic (exact) mass is 347 g/mol. The fraction of sp³-hybridized carbons (Fsp3) is 0.136. The highest BCUT2D eigenvalue weighted by Crippen LogP contribution is 2.27. The first-order valence-electron chi connectivity index (χ1n) is 8.30. The van der Waals surface area contributed by atoms with E-state index < -0.39 is 0 Å². The number of carbonyl (C=O) groups is 1. The molecule has 0 aliphatic rings. The minimum atomic E-state index is 0.0352. The predicted molar refractivity (Wildman–Crippen MR) is 108 cm³/mol. The Morgan fingerprint density at radius 3 is 2.28 bits per heavy atom. The zero-order chi connectivity index (χ0) is 17.5. The molecule has 0 aromatic heterocycles. The maximum absolute atomic E-state index is 12.0. The number of hydrogen-bond acceptors (Lipinski definition) is 2. The summed E-state index contributed by atoms with van der Waals surface area (Å²) in [5.74, 6) is 1.31. The molecule has 3 heteroatoms. The summed E-state index contributed by atoms with van der Waals surface area (Å²) < 4.78 is 0. The maximum atomic E-state index is 12.0. The Balaban J connectivity index is 1.59. The molecular formula is C22H21NOS. The highest BCUT2D eigenvalue weighted by Gasteiger charge is 2.08. The summed E-state index contributed by atoms with van der Waals surface area (Å²) in [6.45, 7) is 2.16. The van der Waals surface area contributed by atoms with Gasteiger partial charge in [-0.25, -0.2) is 0 Å². The second-order valence-corrected chi connectivity index (χ2v) is 6.85. The minimum absolute atomic E-state index is 0.0352. The van der Waals surface area contributed by atoms with E-state index >= 15 is 0 Å². The van der Waals surface area contributed by atoms with E-state index in [-0.39, 0.29) is 5.91 Å². The van der Waals surface area contributed by atoms with Crippen LogP contribution in [0.3, 0.4) is 0 Å². The Hall–Kier alpha value is -2.52. The van der Waals surface area contributed by atoms with E-state index in [4.69, 9.17) is 0 Å². The molecule has 0 saturated heterocycles. The summed E-state index contributed by atoms with van der Waals surface area (Å²) in [5, 5.41) is 2.92. The SMILES string of the molecule is Cc1c(CSCC(=O)Nc2ccccc2)cccc1-c1ccccc1. The lowest BCUT2D eigenvalue weighted by atomic mass is 9.97. The number of amides is 1. The standard InChI is InChI=1S/C22H21NOS/c1-17-19(11-8-14-21(17)18-9-4-2-5-10-18)15-25-16-22(24)23-20-12-6-3-7-13-20/h2-14H,15-16H2,1H3,(H,23,24). The van der Waals surface area contributed by atoms with Crippen LogP contribution in [0.1, 0.15) is 11.1 Å². The van der Waals surface area contributed by atoms with Gasteiger partial charge in [-0.15, -0.1) is 11.8 Å². The number of nitrogens with one attached hydrogen (secondary N) is 1. The van der Waals surface area contributed by atoms with E-state index in [1.165, 1.54) is 22.3 Å². The predicted octanol–water partition coefficient (Wildman–Crippen LogP) is 5.53. The molecule has 126 valence electrons. The highest BCUT2D eigenvalue weighted by atomic mass is 32.2. The molecule has 0 saturated carbocycles. The Morgan fingerprint density at radius 2 is 1.56 bits per heavy atom. The first-order chi connectivity index (χ1) is 12.2. The van der Waals surface area contributed by atoms with Crippen LogP contribution in [-0.4, -0.2) is 11.7 Å². The van der Waals surface area contributed by atoms with Gasteiger partial charge in [0.25, 0.3) is 0 Å². The molecule has 0 heterocycles. The molecule has 0 fully saturated rings. The van der Waals surface area contributed by atoms with Crippen LogP contribution in [0.5, 0.6) is 0 Å². The molecule has 3 rings (SSSR count). The molecule has 0 aliphatic heterocycles. The fourth-order valence-electron chi connectivity index (χ4n) is 2.74. The van der Waals surface area contributed by atoms with Gasteiger partial charge in [0, 0.05) is 11.4 Å². The van der Waals surface area contributed by atoms with E-state index in [2.05, 4.69) is 54.7 Å². The van der Waals surface area contributed by atoms with Gasteiger partial charge in [-0.1, -0.05) is 66.7 Å². The molecule has 0 spiro atoms. The van der Waals surface area contributed by atoms with Crippen molar-refractivity contribution in [2.45, 2.75) is 12.7 Å². The quantitative estimate of drug-likeness (QED) is 0.635. The molecule has 3 aromatic rings. The summed E-state index contributed by atoms with van der Waals surface area (Å²) in [4.78, 5) is 12.0. The third-order valence-electron chi connectivity index (χ3n) is 4.08. The molecule has 1 amide bonds. The molecule has 0 aliphatic carbocycles. The van der Waals surface area contributed by atoms with Gasteiger partial charge >= 0.3 is 0 Å². The molecule has 0 bridgehead atoms. The summed E-state index contributed by atoms with van der Waals surface area (Å²) in [5.41, 5.74) is 5.89. The highest BCUT2D eigenvalue weighted by molar-refractivity contribution is 7.99. The number of anilines is 1. The lowest BCUT2D eigenvalue weighted by molar-refractivity contribution is -0.113. The summed E-state index contributed by atoms with van der Waals surface area (Å²) in [6, 6.07) is 26.4. The van der Waals surface area contributed by atoms with E-state index in [0.717, 1.165) is 11.4 Å². The van der Waals surface area contributed by atoms with Gasteiger partial charge in [0.1, 0.15) is 0 Å². The normalized spacial score (nSPS) is 10.4. The van der Waals surface area contributed by atoms with Gasteiger partial charge in [0.05, 0.1) is 5.75 Å². The van der Waals surface area contributed by atoms with E-state index in [0.29, 0.717) is 5.75 Å². The van der Waals surface area contributed by atoms with Crippen molar-refractivity contribution >= 4 is 23.4 Å². The molecule has 3 aromatic carbocycles. The average molecular weight is 347 g/mol. The molecule has 0 radical (unpaired) electrons. The number of para-hydroxylation sites is 1. The number of rotatable bonds is 6. The Labute approximate surface area is 153 Å². The molecule has 25 heavy (non-hydrogen) atoms. The van der Waals surface area contributed by atoms with Gasteiger partial charge in [-0.3, -0.25) is 4.79 Å². The van der Waals surface area contributed by atoms with Crippen molar-refractivity contribution in [3.8, 4) is 11.1 Å². The largest absolute Gasteiger partial charge is 0.325 e. The Bertz CT molecular complexity index is 831. The molecular weight excluding hydrogens is 326 g/mol. The fourth-order valence-corrected chi connectivity index (χ4v) is 3.63. The van der Waals surface area contributed by atoms with Crippen molar-refractivity contribution in [2.75, 3.05) is 11.1 Å². The van der Waals surface area contributed by atoms with Gasteiger partial charge in [-0.05, 0) is 41.3 Å². The van der Waals surface area contributed by atoms with Crippen molar-refractivity contribution < 1.29 is 4.79 Å². The van der Waals surface area contributed by atoms with Crippen LogP contribution in [0.15, 0.2) is 78.9 Å². The van der Waals surface area contributed by atoms with E-state index in [1.807, 2.05) is 36.4 Å². The van der Waals surface area contributed by atoms with Crippen LogP contribution in [0.2, 0.25) is 0 Å². The van der Waals surface area contributed by atoms with Gasteiger partial charge in [-0.2, -0.15) is 0 Å². The van der Waals surface area contributed by atoms with Crippen LogP contribution in [0, 0.1) is 6.92 Å². The third-order valence-corrected chi connectivity index (χ3v) is 5.06. The van der Waals surface area contributed by atoms with Crippen molar-refractivity contribution in [2.24, 2.45) is 0 Å². The Morgan fingerprint density at radius 1 is 0.880 bits per heavy atom. The van der Waals surface area contributed by atoms with Crippen LogP contribution in [0.4, 0.5) is 5.69 Å². The first-order valence-corrected chi connectivity index (χ1v) is 9.46. The van der Waals surface area contributed by atoms with Gasteiger partial charge in [0.15, 0.2) is 0 Å². The first kappa shape index (κ1) is 17.3. The zero-order valence-electron chi connectivity index (χ0n) is 14.2. The molecule has 0 unspecified atom stereocenters. The van der Waals surface area contributed by atoms with Crippen LogP contribution < -0.4 is 5.32 Å². The van der Waals surface area contributed by atoms with E-state index in [9.17, 15) is 4.79 Å². The van der Waals surface area contributed by atoms with Crippen LogP contribution >= 0.6 is 11.8 Å². The molecule has 2 nitrogen and oxygen atoms in total. The number of thioether (sulfide) groups is 1. The lowest BCUT2D eigenvalue weighted by Crippen LogP contribution is -2.14. The summed E-state index contributed by atoms with van der Waals surface area (Å²) >= 11 is 1.64. The second-order valence-electron chi connectivity index (χ2n) is 5.86. The summed E-state index contributed by atoms with van der Waals surface area (Å²) in [6.07, 6.45) is 0. The molecule has 0 atom stereocenters. The van der Waals surface area contributed by atoms with E-state index in [1.54, 1.807) is 11.8 Å². The third kappa shape index (κ3) is 4.74. The smallest absolute Gasteiger partial charge is 0.234 e. The van der Waals surface area contributed by atoms with Crippen molar-refractivity contribution in [3.05, 3.63) is 90.0 Å². The minimum Gasteiger partial charge on any atom is -0.325 e. The zero-order valence-corrected chi connectivity index (χ0v) is 15.1. The van der Waals surface area contributed by atoms with Crippen molar-refractivity contribution in [1.82, 2.24) is 0 Å². The summed E-state index contributed by atoms with van der Waals surface area (Å²) in [7, 11) is 0. The van der Waals surface area contributed by atoms with Crippen LogP contribution in [-0.2, 0) is 10.5 Å². The number of carbonyl (C=O) groups excluding carboxylic acids is 1. The van der Waals surface area contributed by atoms with Crippen molar-refractivity contribution in [1.29, 1.82) is 0 Å². The molecule has 1 N–H and O–H groups in total. The Kier molecular flexibility index (Phi) is 5.91.